The van der Waals surface area contributed by atoms with Gasteiger partial charge < -0.3 is 5.32 Å². The van der Waals surface area contributed by atoms with Crippen molar-refractivity contribution in [2.24, 2.45) is 5.92 Å². The number of benzene rings is 1. The van der Waals surface area contributed by atoms with Gasteiger partial charge in [-0.2, -0.15) is 0 Å². The first-order chi connectivity index (χ1) is 11.5. The van der Waals surface area contributed by atoms with E-state index in [-0.39, 0.29) is 17.7 Å². The summed E-state index contributed by atoms with van der Waals surface area (Å²) in [4.78, 5) is 24.8. The van der Waals surface area contributed by atoms with Gasteiger partial charge in [0.25, 0.3) is 5.91 Å². The summed E-state index contributed by atoms with van der Waals surface area (Å²) in [5.41, 5.74) is 0.530. The van der Waals surface area contributed by atoms with E-state index in [0.29, 0.717) is 16.6 Å². The molecule has 1 aliphatic rings. The number of carbonyl (C=O) groups is 2. The molecule has 0 saturated heterocycles. The maximum absolute atomic E-state index is 12.5. The van der Waals surface area contributed by atoms with Gasteiger partial charge in [0.2, 0.25) is 11.0 Å². The average molecular weight is 344 g/mol. The number of hydrogen-bond acceptors (Lipinski definition) is 5. The summed E-state index contributed by atoms with van der Waals surface area (Å²) >= 11 is 1.41. The third-order valence-corrected chi connectivity index (χ3v) is 4.87. The van der Waals surface area contributed by atoms with E-state index in [2.05, 4.69) is 20.8 Å². The molecule has 3 rings (SSSR count). The van der Waals surface area contributed by atoms with Crippen LogP contribution in [0.4, 0.5) is 5.13 Å². The summed E-state index contributed by atoms with van der Waals surface area (Å²) in [5.74, 6) is -0.0755. The fourth-order valence-electron chi connectivity index (χ4n) is 2.31. The zero-order valence-corrected chi connectivity index (χ0v) is 14.5. The Labute approximate surface area is 144 Å². The van der Waals surface area contributed by atoms with Crippen LogP contribution in [0.2, 0.25) is 0 Å². The van der Waals surface area contributed by atoms with E-state index in [1.807, 2.05) is 19.9 Å². The Bertz CT molecular complexity index is 725. The van der Waals surface area contributed by atoms with Crippen molar-refractivity contribution in [3.63, 3.8) is 0 Å². The second kappa shape index (κ2) is 7.09. The maximum atomic E-state index is 12.5. The van der Waals surface area contributed by atoms with Gasteiger partial charge in [0.1, 0.15) is 11.0 Å². The van der Waals surface area contributed by atoms with E-state index >= 15 is 0 Å². The predicted octanol–water partition coefficient (Wildman–Crippen LogP) is 2.81. The van der Waals surface area contributed by atoms with Gasteiger partial charge in [0, 0.05) is 11.5 Å². The molecule has 2 amide bonds. The van der Waals surface area contributed by atoms with E-state index in [4.69, 9.17) is 0 Å². The number of rotatable bonds is 6. The minimum absolute atomic E-state index is 0.0477. The van der Waals surface area contributed by atoms with E-state index in [1.54, 1.807) is 24.3 Å². The number of anilines is 1. The lowest BCUT2D eigenvalue weighted by Crippen LogP contribution is -2.47. The molecule has 1 heterocycles. The van der Waals surface area contributed by atoms with Crippen LogP contribution >= 0.6 is 11.3 Å². The van der Waals surface area contributed by atoms with E-state index in [0.717, 1.165) is 17.8 Å². The summed E-state index contributed by atoms with van der Waals surface area (Å²) in [5, 5.41) is 15.2. The molecule has 1 aromatic heterocycles. The molecule has 24 heavy (non-hydrogen) atoms. The van der Waals surface area contributed by atoms with Crippen LogP contribution in [0.5, 0.6) is 0 Å². The van der Waals surface area contributed by atoms with Crippen molar-refractivity contribution in [2.45, 2.75) is 38.6 Å². The molecule has 1 aliphatic carbocycles. The molecule has 6 nitrogen and oxygen atoms in total. The number of amides is 2. The lowest BCUT2D eigenvalue weighted by Gasteiger charge is -2.21. The summed E-state index contributed by atoms with van der Waals surface area (Å²) < 4.78 is 0. The molecular weight excluding hydrogens is 324 g/mol. The largest absolute Gasteiger partial charge is 0.340 e. The molecule has 1 aromatic carbocycles. The number of nitrogens with zero attached hydrogens (tertiary/aromatic N) is 2. The van der Waals surface area contributed by atoms with Gasteiger partial charge >= 0.3 is 0 Å². The Morgan fingerprint density at radius 1 is 1.17 bits per heavy atom. The van der Waals surface area contributed by atoms with E-state index in [1.165, 1.54) is 11.3 Å². The van der Waals surface area contributed by atoms with Crippen LogP contribution in [0.3, 0.4) is 0 Å². The first-order valence-electron chi connectivity index (χ1n) is 8.04. The quantitative estimate of drug-likeness (QED) is 0.844. The van der Waals surface area contributed by atoms with Crippen molar-refractivity contribution in [1.29, 1.82) is 0 Å². The topological polar surface area (TPSA) is 84.0 Å². The highest BCUT2D eigenvalue weighted by Crippen LogP contribution is 2.42. The van der Waals surface area contributed by atoms with Crippen LogP contribution in [0.15, 0.2) is 30.3 Å². The van der Waals surface area contributed by atoms with Gasteiger partial charge in [0.05, 0.1) is 0 Å². The molecule has 1 fully saturated rings. The van der Waals surface area contributed by atoms with Crippen LogP contribution in [0.25, 0.3) is 0 Å². The van der Waals surface area contributed by atoms with Crippen LogP contribution in [0.1, 0.15) is 48.0 Å². The Kier molecular flexibility index (Phi) is 4.89. The number of nitrogens with one attached hydrogen (secondary N) is 2. The normalized spacial score (nSPS) is 15.1. The lowest BCUT2D eigenvalue weighted by molar-refractivity contribution is -0.118. The molecule has 0 bridgehead atoms. The Morgan fingerprint density at radius 3 is 2.50 bits per heavy atom. The number of hydrogen-bond donors (Lipinski definition) is 2. The van der Waals surface area contributed by atoms with Gasteiger partial charge in [-0.3, -0.25) is 14.9 Å². The highest BCUT2D eigenvalue weighted by Gasteiger charge is 2.29. The third kappa shape index (κ3) is 3.97. The summed E-state index contributed by atoms with van der Waals surface area (Å²) in [6.45, 7) is 3.79. The highest BCUT2D eigenvalue weighted by atomic mass is 32.1. The van der Waals surface area contributed by atoms with Crippen LogP contribution in [-0.4, -0.2) is 28.1 Å². The van der Waals surface area contributed by atoms with Crippen LogP contribution in [0, 0.1) is 5.92 Å². The monoisotopic (exact) mass is 344 g/mol. The molecule has 1 unspecified atom stereocenters. The van der Waals surface area contributed by atoms with Gasteiger partial charge in [-0.1, -0.05) is 43.4 Å². The maximum Gasteiger partial charge on any atom is 0.251 e. The minimum atomic E-state index is -0.633. The van der Waals surface area contributed by atoms with Gasteiger partial charge in [-0.25, -0.2) is 0 Å². The smallest absolute Gasteiger partial charge is 0.251 e. The second-order valence-electron chi connectivity index (χ2n) is 6.27. The minimum Gasteiger partial charge on any atom is -0.340 e. The van der Waals surface area contributed by atoms with Gasteiger partial charge in [0.15, 0.2) is 0 Å². The second-order valence-corrected chi connectivity index (χ2v) is 7.28. The van der Waals surface area contributed by atoms with Gasteiger partial charge in [-0.15, -0.1) is 10.2 Å². The Morgan fingerprint density at radius 2 is 1.88 bits per heavy atom. The molecule has 126 valence electrons. The zero-order chi connectivity index (χ0) is 17.1. The van der Waals surface area contributed by atoms with Crippen molar-refractivity contribution < 1.29 is 9.59 Å². The first kappa shape index (κ1) is 16.6. The molecule has 2 aromatic rings. The molecule has 7 heteroatoms. The fourth-order valence-corrected chi connectivity index (χ4v) is 3.23. The summed E-state index contributed by atoms with van der Waals surface area (Å²) in [6, 6.07) is 8.23. The SMILES string of the molecule is CC(C)C(NC(=O)c1ccccc1)C(=O)Nc1nnc(C2CC2)s1. The number of aromatic nitrogens is 2. The standard InChI is InChI=1S/C17H20N4O2S/c1-10(2)13(18-14(22)11-6-4-3-5-7-11)15(23)19-17-21-20-16(24-17)12-8-9-12/h3-7,10,12-13H,8-9H2,1-2H3,(H,18,22)(H,19,21,23). The van der Waals surface area contributed by atoms with Crippen molar-refractivity contribution >= 4 is 28.3 Å². The zero-order valence-electron chi connectivity index (χ0n) is 13.7. The first-order valence-corrected chi connectivity index (χ1v) is 8.86. The van der Waals surface area contributed by atoms with Crippen LogP contribution in [-0.2, 0) is 4.79 Å². The lowest BCUT2D eigenvalue weighted by atomic mass is 10.0. The highest BCUT2D eigenvalue weighted by molar-refractivity contribution is 7.15. The molecule has 1 atom stereocenters. The Balaban J connectivity index is 1.65. The van der Waals surface area contributed by atoms with Crippen molar-refractivity contribution in [3.05, 3.63) is 40.9 Å². The van der Waals surface area contributed by atoms with E-state index < -0.39 is 6.04 Å². The summed E-state index contributed by atoms with van der Waals surface area (Å²) in [6.07, 6.45) is 2.29. The van der Waals surface area contributed by atoms with Crippen molar-refractivity contribution in [2.75, 3.05) is 5.32 Å². The van der Waals surface area contributed by atoms with E-state index in [9.17, 15) is 9.59 Å². The molecule has 2 N–H and O–H groups in total. The van der Waals surface area contributed by atoms with Crippen molar-refractivity contribution in [3.8, 4) is 0 Å². The molecule has 0 aliphatic heterocycles. The molecule has 0 radical (unpaired) electrons. The summed E-state index contributed by atoms with van der Waals surface area (Å²) in [7, 11) is 0. The predicted molar refractivity (Wildman–Crippen MR) is 93.0 cm³/mol. The molecule has 1 saturated carbocycles. The molecule has 0 spiro atoms. The third-order valence-electron chi connectivity index (χ3n) is 3.87. The molecular formula is C17H20N4O2S. The van der Waals surface area contributed by atoms with Crippen molar-refractivity contribution in [1.82, 2.24) is 15.5 Å². The van der Waals surface area contributed by atoms with Gasteiger partial charge in [-0.05, 0) is 30.9 Å². The fraction of sp³-hybridized carbons (Fsp3) is 0.412. The van der Waals surface area contributed by atoms with Crippen LogP contribution < -0.4 is 10.6 Å². The Hall–Kier alpha value is -2.28. The number of carbonyl (C=O) groups excluding carboxylic acids is 2. The average Bonchev–Trinajstić information content (AvgIpc) is 3.33.